The fourth-order valence-corrected chi connectivity index (χ4v) is 5.13. The number of nitrogens with zero attached hydrogens (tertiary/aromatic N) is 1. The molecule has 0 saturated heterocycles. The average molecular weight is 555 g/mol. The molecule has 0 aliphatic carbocycles. The second-order valence-corrected chi connectivity index (χ2v) is 10.3. The molecule has 6 nitrogen and oxygen atoms in total. The number of anilines is 6. The highest BCUT2D eigenvalue weighted by Crippen LogP contribution is 2.40. The Balaban J connectivity index is 1.46. The Morgan fingerprint density at radius 2 is 1.64 bits per heavy atom. The first kappa shape index (κ1) is 28.5. The molecule has 0 saturated carbocycles. The van der Waals surface area contributed by atoms with Crippen LogP contribution in [0.4, 0.5) is 34.1 Å². The zero-order valence-electron chi connectivity index (χ0n) is 24.3. The molecule has 5 rings (SSSR count). The van der Waals surface area contributed by atoms with E-state index in [0.29, 0.717) is 5.71 Å². The molecule has 2 atom stereocenters. The molecule has 1 heterocycles. The molecule has 4 aromatic rings. The minimum atomic E-state index is -0.223. The van der Waals surface area contributed by atoms with Crippen LogP contribution in [0.25, 0.3) is 0 Å². The summed E-state index contributed by atoms with van der Waals surface area (Å²) in [4.78, 5) is 2.30. The van der Waals surface area contributed by atoms with Gasteiger partial charge in [0.15, 0.2) is 0 Å². The first-order valence-corrected chi connectivity index (χ1v) is 14.2. The molecular formula is C36H38N6. The van der Waals surface area contributed by atoms with Gasteiger partial charge >= 0.3 is 0 Å². The zero-order chi connectivity index (χ0) is 29.5. The summed E-state index contributed by atoms with van der Waals surface area (Å²) >= 11 is 0. The van der Waals surface area contributed by atoms with Crippen molar-refractivity contribution in [2.45, 2.75) is 33.0 Å². The van der Waals surface area contributed by atoms with Gasteiger partial charge in [0.1, 0.15) is 6.17 Å². The molecule has 2 unspecified atom stereocenters. The largest absolute Gasteiger partial charge is 0.360 e. The van der Waals surface area contributed by atoms with Gasteiger partial charge in [-0.05, 0) is 93.1 Å². The number of nitrogens with two attached hydrogens (primary N) is 1. The number of nitrogens with one attached hydrogen (secondary N) is 4. The summed E-state index contributed by atoms with van der Waals surface area (Å²) in [6.07, 6.45) is 10.3. The van der Waals surface area contributed by atoms with Gasteiger partial charge in [-0.25, -0.2) is 0 Å². The van der Waals surface area contributed by atoms with E-state index in [-0.39, 0.29) is 12.2 Å². The number of hydrogen-bond donors (Lipinski definition) is 5. The lowest BCUT2D eigenvalue weighted by atomic mass is 9.98. The Kier molecular flexibility index (Phi) is 8.85. The zero-order valence-corrected chi connectivity index (χ0v) is 24.3. The van der Waals surface area contributed by atoms with Crippen LogP contribution in [0.3, 0.4) is 0 Å². The fraction of sp³-hybridized carbons (Fsp3) is 0.139. The van der Waals surface area contributed by atoms with E-state index in [4.69, 9.17) is 11.1 Å². The van der Waals surface area contributed by atoms with Crippen molar-refractivity contribution in [2.75, 3.05) is 20.9 Å². The maximum atomic E-state index is 8.41. The van der Waals surface area contributed by atoms with E-state index in [1.54, 1.807) is 6.92 Å². The lowest BCUT2D eigenvalue weighted by Crippen LogP contribution is -2.29. The standard InChI is InChI=1S/C36H38N6/c1-4-14-27(17-13-22-36-41-32-20-11-12-21-35(32)42(36)29-18-9-6-10-19-29)39-33-24-34(40-28-15-7-5-8-16-28)31(26(3)38)23-30(33)25(2)37/h4-25,36,38-41H,37H2,1-3H3/b14-4-,22-13+,27-17+,38-26?. The fourth-order valence-electron chi connectivity index (χ4n) is 5.13. The number of rotatable bonds is 10. The highest BCUT2D eigenvalue weighted by atomic mass is 15.3. The van der Waals surface area contributed by atoms with Gasteiger partial charge in [-0.2, -0.15) is 0 Å². The first-order chi connectivity index (χ1) is 20.4. The second-order valence-electron chi connectivity index (χ2n) is 10.3. The molecule has 0 bridgehead atoms. The van der Waals surface area contributed by atoms with Crippen LogP contribution in [0.15, 0.2) is 133 Å². The quantitative estimate of drug-likeness (QED) is 0.0998. The predicted octanol–water partition coefficient (Wildman–Crippen LogP) is 8.86. The van der Waals surface area contributed by atoms with Crippen molar-refractivity contribution in [2.24, 2.45) is 5.73 Å². The molecule has 0 spiro atoms. The van der Waals surface area contributed by atoms with Crippen LogP contribution < -0.4 is 26.6 Å². The Morgan fingerprint density at radius 1 is 0.952 bits per heavy atom. The summed E-state index contributed by atoms with van der Waals surface area (Å²) in [6, 6.07) is 32.6. The summed E-state index contributed by atoms with van der Waals surface area (Å²) in [5.41, 5.74) is 15.7. The highest BCUT2D eigenvalue weighted by Gasteiger charge is 2.27. The van der Waals surface area contributed by atoms with Crippen molar-refractivity contribution in [3.63, 3.8) is 0 Å². The van der Waals surface area contributed by atoms with Crippen LogP contribution in [0.1, 0.15) is 37.9 Å². The third-order valence-corrected chi connectivity index (χ3v) is 7.11. The maximum absolute atomic E-state index is 8.41. The van der Waals surface area contributed by atoms with Crippen LogP contribution in [0.2, 0.25) is 0 Å². The molecule has 0 amide bonds. The maximum Gasteiger partial charge on any atom is 0.123 e. The minimum absolute atomic E-state index is 0.0379. The Bertz CT molecular complexity index is 1620. The summed E-state index contributed by atoms with van der Waals surface area (Å²) < 4.78 is 0. The number of benzene rings is 4. The summed E-state index contributed by atoms with van der Waals surface area (Å²) in [5, 5.41) is 19.1. The van der Waals surface area contributed by atoms with Gasteiger partial charge in [0, 0.05) is 45.8 Å². The molecule has 42 heavy (non-hydrogen) atoms. The molecule has 1 aliphatic rings. The van der Waals surface area contributed by atoms with Crippen molar-refractivity contribution in [3.8, 4) is 0 Å². The van der Waals surface area contributed by atoms with Gasteiger partial charge in [0.05, 0.1) is 11.4 Å². The van der Waals surface area contributed by atoms with E-state index in [1.807, 2.05) is 74.5 Å². The molecule has 1 aliphatic heterocycles. The third-order valence-electron chi connectivity index (χ3n) is 7.11. The molecule has 212 valence electrons. The van der Waals surface area contributed by atoms with Gasteiger partial charge < -0.3 is 32.0 Å². The lowest BCUT2D eigenvalue weighted by molar-refractivity contribution is 0.820. The molecular weight excluding hydrogens is 516 g/mol. The highest BCUT2D eigenvalue weighted by molar-refractivity contribution is 6.03. The number of hydrogen-bond acceptors (Lipinski definition) is 6. The van der Waals surface area contributed by atoms with Gasteiger partial charge in [-0.15, -0.1) is 0 Å². The topological polar surface area (TPSA) is 89.2 Å². The smallest absolute Gasteiger partial charge is 0.123 e. The van der Waals surface area contributed by atoms with Crippen molar-refractivity contribution in [1.82, 2.24) is 0 Å². The molecule has 0 radical (unpaired) electrons. The van der Waals surface area contributed by atoms with Crippen LogP contribution >= 0.6 is 0 Å². The Labute approximate surface area is 248 Å². The number of allylic oxidation sites excluding steroid dienone is 4. The van der Waals surface area contributed by atoms with Crippen molar-refractivity contribution in [3.05, 3.63) is 144 Å². The number of fused-ring (bicyclic) bond motifs is 1. The summed E-state index contributed by atoms with van der Waals surface area (Å²) in [6.45, 7) is 5.77. The summed E-state index contributed by atoms with van der Waals surface area (Å²) in [7, 11) is 0. The van der Waals surface area contributed by atoms with E-state index < -0.39 is 0 Å². The number of para-hydroxylation sites is 4. The minimum Gasteiger partial charge on any atom is -0.360 e. The second kappa shape index (κ2) is 13.1. The summed E-state index contributed by atoms with van der Waals surface area (Å²) in [5.74, 6) is 0. The van der Waals surface area contributed by atoms with E-state index in [0.717, 1.165) is 50.9 Å². The van der Waals surface area contributed by atoms with E-state index in [2.05, 4.69) is 87.6 Å². The lowest BCUT2D eigenvalue weighted by Gasteiger charge is -2.24. The van der Waals surface area contributed by atoms with Crippen molar-refractivity contribution >= 4 is 39.8 Å². The Morgan fingerprint density at radius 3 is 2.33 bits per heavy atom. The van der Waals surface area contributed by atoms with Crippen molar-refractivity contribution < 1.29 is 0 Å². The van der Waals surface area contributed by atoms with Crippen LogP contribution in [0.5, 0.6) is 0 Å². The Hall–Kier alpha value is -5.07. The van der Waals surface area contributed by atoms with Gasteiger partial charge in [0.2, 0.25) is 0 Å². The normalized spacial score (nSPS) is 15.5. The van der Waals surface area contributed by atoms with E-state index >= 15 is 0 Å². The predicted molar refractivity (Wildman–Crippen MR) is 179 cm³/mol. The average Bonchev–Trinajstić information content (AvgIpc) is 3.36. The molecule has 6 heteroatoms. The van der Waals surface area contributed by atoms with Gasteiger partial charge in [0.25, 0.3) is 0 Å². The molecule has 6 N–H and O–H groups in total. The first-order valence-electron chi connectivity index (χ1n) is 14.2. The van der Waals surface area contributed by atoms with Gasteiger partial charge in [-0.1, -0.05) is 60.7 Å². The molecule has 0 fully saturated rings. The van der Waals surface area contributed by atoms with Crippen LogP contribution in [-0.2, 0) is 0 Å². The third kappa shape index (κ3) is 6.45. The van der Waals surface area contributed by atoms with Gasteiger partial charge in [-0.3, -0.25) is 0 Å². The van der Waals surface area contributed by atoms with E-state index in [9.17, 15) is 0 Å². The van der Waals surface area contributed by atoms with Crippen LogP contribution in [-0.4, -0.2) is 11.9 Å². The SMILES string of the molecule is C\C=C/C(=C\C=C\C1Nc2ccccc2N1c1ccccc1)Nc1cc(Nc2ccccc2)c(C(C)=N)cc1C(C)N. The van der Waals surface area contributed by atoms with E-state index in [1.165, 1.54) is 0 Å². The van der Waals surface area contributed by atoms with Crippen molar-refractivity contribution in [1.29, 1.82) is 5.41 Å². The van der Waals surface area contributed by atoms with Crippen LogP contribution in [0, 0.1) is 5.41 Å². The molecule has 4 aromatic carbocycles. The molecule has 0 aromatic heterocycles. The monoisotopic (exact) mass is 554 g/mol.